The molecule has 0 radical (unpaired) electrons. The third kappa shape index (κ3) is 5.46. The highest BCUT2D eigenvalue weighted by atomic mass is 19.1. The van der Waals surface area contributed by atoms with E-state index in [4.69, 9.17) is 5.26 Å². The molecular weight excluding hydrogens is 261 g/mol. The summed E-state index contributed by atoms with van der Waals surface area (Å²) in [7, 11) is 0. The molecule has 1 nitrogen and oxygen atoms in total. The van der Waals surface area contributed by atoms with Gasteiger partial charge in [0.25, 0.3) is 0 Å². The fourth-order valence-electron chi connectivity index (χ4n) is 4.43. The number of unbranched alkanes of at least 4 members (excludes halogenated alkanes) is 2. The van der Waals surface area contributed by atoms with E-state index in [-0.39, 0.29) is 0 Å². The van der Waals surface area contributed by atoms with Gasteiger partial charge in [0, 0.05) is 5.92 Å². The molecule has 0 unspecified atom stereocenters. The van der Waals surface area contributed by atoms with E-state index in [1.807, 2.05) is 0 Å². The Hall–Kier alpha value is -0.840. The predicted molar refractivity (Wildman–Crippen MR) is 85.2 cm³/mol. The normalized spacial score (nSPS) is 33.9. The van der Waals surface area contributed by atoms with Crippen molar-refractivity contribution in [2.24, 2.45) is 23.7 Å². The van der Waals surface area contributed by atoms with Gasteiger partial charge in [0.1, 0.15) is 0 Å². The molecule has 0 bridgehead atoms. The van der Waals surface area contributed by atoms with Crippen LogP contribution in [0, 0.1) is 35.0 Å². The molecule has 21 heavy (non-hydrogen) atoms. The molecular formula is C19H30FN. The molecule has 0 spiro atoms. The first-order valence-corrected chi connectivity index (χ1v) is 8.98. The summed E-state index contributed by atoms with van der Waals surface area (Å²) in [5.41, 5.74) is 0. The first-order valence-electron chi connectivity index (χ1n) is 8.98. The van der Waals surface area contributed by atoms with Gasteiger partial charge in [0.15, 0.2) is 0 Å². The van der Waals surface area contributed by atoms with Crippen molar-refractivity contribution in [3.63, 3.8) is 0 Å². The maximum atomic E-state index is 11.8. The zero-order valence-corrected chi connectivity index (χ0v) is 13.3. The van der Waals surface area contributed by atoms with Gasteiger partial charge in [-0.25, -0.2) is 4.39 Å². The summed E-state index contributed by atoms with van der Waals surface area (Å²) in [4.78, 5) is 0. The summed E-state index contributed by atoms with van der Waals surface area (Å²) in [6.07, 6.45) is 17.4. The number of halogens is 1. The van der Waals surface area contributed by atoms with Crippen LogP contribution in [0.5, 0.6) is 0 Å². The number of rotatable bonds is 6. The monoisotopic (exact) mass is 291 g/mol. The summed E-state index contributed by atoms with van der Waals surface area (Å²) in [6, 6.07) is 2.44. The summed E-state index contributed by atoms with van der Waals surface area (Å²) in [5, 5.41) is 8.98. The van der Waals surface area contributed by atoms with Crippen molar-refractivity contribution in [1.82, 2.24) is 0 Å². The number of allylic oxidation sites excluding steroid dienone is 1. The molecule has 0 N–H and O–H groups in total. The Morgan fingerprint density at radius 3 is 2.10 bits per heavy atom. The van der Waals surface area contributed by atoms with Crippen molar-refractivity contribution in [2.45, 2.75) is 77.0 Å². The van der Waals surface area contributed by atoms with Crippen LogP contribution in [-0.2, 0) is 0 Å². The first kappa shape index (κ1) is 16.5. The van der Waals surface area contributed by atoms with Gasteiger partial charge in [-0.2, -0.15) is 5.26 Å². The Morgan fingerprint density at radius 1 is 0.905 bits per heavy atom. The van der Waals surface area contributed by atoms with Crippen molar-refractivity contribution in [3.8, 4) is 6.07 Å². The highest BCUT2D eigenvalue weighted by Crippen LogP contribution is 2.42. The molecule has 118 valence electrons. The lowest BCUT2D eigenvalue weighted by molar-refractivity contribution is 0.152. The smallest absolute Gasteiger partial charge is 0.0827 e. The summed E-state index contributed by atoms with van der Waals surface area (Å²) in [5.74, 6) is 3.11. The maximum Gasteiger partial charge on any atom is 0.0827 e. The predicted octanol–water partition coefficient (Wildman–Crippen LogP) is 6.17. The van der Waals surface area contributed by atoms with Crippen LogP contribution in [0.2, 0.25) is 0 Å². The molecule has 0 amide bonds. The number of hydrogen-bond donors (Lipinski definition) is 0. The third-order valence-corrected chi connectivity index (χ3v) is 5.83. The van der Waals surface area contributed by atoms with E-state index < -0.39 is 0 Å². The van der Waals surface area contributed by atoms with E-state index in [1.165, 1.54) is 51.4 Å². The first-order chi connectivity index (χ1) is 10.3. The number of nitrogens with zero attached hydrogens (tertiary/aromatic N) is 1. The molecule has 0 aromatic rings. The van der Waals surface area contributed by atoms with E-state index in [9.17, 15) is 4.39 Å². The van der Waals surface area contributed by atoms with Gasteiger partial charge in [-0.3, -0.25) is 0 Å². The van der Waals surface area contributed by atoms with Crippen LogP contribution >= 0.6 is 0 Å². The zero-order chi connectivity index (χ0) is 14.9. The van der Waals surface area contributed by atoms with Crippen LogP contribution in [0.1, 0.15) is 77.0 Å². The lowest BCUT2D eigenvalue weighted by Gasteiger charge is -2.36. The Morgan fingerprint density at radius 2 is 1.52 bits per heavy atom. The fraction of sp³-hybridized carbons (Fsp3) is 0.842. The summed E-state index contributed by atoms with van der Waals surface area (Å²) < 4.78 is 11.8. The molecule has 0 atom stereocenters. The molecule has 2 rings (SSSR count). The van der Waals surface area contributed by atoms with E-state index in [1.54, 1.807) is 6.08 Å². The third-order valence-electron chi connectivity index (χ3n) is 5.83. The molecule has 2 fully saturated rings. The maximum absolute atomic E-state index is 11.8. The van der Waals surface area contributed by atoms with Gasteiger partial charge in [0.05, 0.1) is 12.4 Å². The number of nitriles is 1. The van der Waals surface area contributed by atoms with Crippen LogP contribution in [0.25, 0.3) is 0 Å². The van der Waals surface area contributed by atoms with Gasteiger partial charge in [-0.15, -0.1) is 0 Å². The SMILES string of the molecule is N#C[C@H]1CC[C@H]([C@H]2CC[C@H](CCCC/C=C/F)CC2)CC1. The van der Waals surface area contributed by atoms with E-state index >= 15 is 0 Å². The van der Waals surface area contributed by atoms with Crippen LogP contribution in [0.15, 0.2) is 12.4 Å². The van der Waals surface area contributed by atoms with Crippen molar-refractivity contribution >= 4 is 0 Å². The molecule has 2 heteroatoms. The summed E-state index contributed by atoms with van der Waals surface area (Å²) >= 11 is 0. The Balaban J connectivity index is 1.59. The van der Waals surface area contributed by atoms with Gasteiger partial charge in [-0.05, 0) is 69.1 Å². The molecule has 0 heterocycles. The quantitative estimate of drug-likeness (QED) is 0.537. The van der Waals surface area contributed by atoms with Crippen molar-refractivity contribution in [1.29, 1.82) is 5.26 Å². The molecule has 0 aromatic heterocycles. The lowest BCUT2D eigenvalue weighted by atomic mass is 9.69. The highest BCUT2D eigenvalue weighted by Gasteiger charge is 2.30. The average Bonchev–Trinajstić information content (AvgIpc) is 2.55. The fourth-order valence-corrected chi connectivity index (χ4v) is 4.43. The van der Waals surface area contributed by atoms with Gasteiger partial charge in [0.2, 0.25) is 0 Å². The Labute approximate surface area is 129 Å². The Bertz CT molecular complexity index is 341. The highest BCUT2D eigenvalue weighted by molar-refractivity contribution is 4.89. The minimum atomic E-state index is 0.343. The van der Waals surface area contributed by atoms with Crippen molar-refractivity contribution in [2.75, 3.05) is 0 Å². The van der Waals surface area contributed by atoms with E-state index in [2.05, 4.69) is 6.07 Å². The Kier molecular flexibility index (Phi) is 7.27. The molecule has 2 aliphatic rings. The summed E-state index contributed by atoms with van der Waals surface area (Å²) in [6.45, 7) is 0. The molecule has 0 aliphatic heterocycles. The molecule has 2 aliphatic carbocycles. The zero-order valence-electron chi connectivity index (χ0n) is 13.3. The standard InChI is InChI=1S/C19H30FN/c20-14-4-2-1-3-5-16-6-10-18(11-7-16)19-12-8-17(15-21)9-13-19/h4,14,16-19H,1-3,5-13H2/b14-4+/t16-,17-,18-,19-. The molecule has 0 aromatic carbocycles. The second kappa shape index (κ2) is 9.23. The second-order valence-electron chi connectivity index (χ2n) is 7.17. The van der Waals surface area contributed by atoms with Crippen molar-refractivity contribution in [3.05, 3.63) is 12.4 Å². The topological polar surface area (TPSA) is 23.8 Å². The lowest BCUT2D eigenvalue weighted by Crippen LogP contribution is -2.25. The van der Waals surface area contributed by atoms with E-state index in [0.29, 0.717) is 12.2 Å². The van der Waals surface area contributed by atoms with Crippen LogP contribution in [-0.4, -0.2) is 0 Å². The van der Waals surface area contributed by atoms with Gasteiger partial charge in [-0.1, -0.05) is 31.8 Å². The van der Waals surface area contributed by atoms with Gasteiger partial charge >= 0.3 is 0 Å². The number of hydrogen-bond acceptors (Lipinski definition) is 1. The van der Waals surface area contributed by atoms with Crippen LogP contribution in [0.3, 0.4) is 0 Å². The largest absolute Gasteiger partial charge is 0.216 e. The van der Waals surface area contributed by atoms with Crippen LogP contribution < -0.4 is 0 Å². The van der Waals surface area contributed by atoms with Crippen molar-refractivity contribution < 1.29 is 4.39 Å². The minimum Gasteiger partial charge on any atom is -0.216 e. The minimum absolute atomic E-state index is 0.343. The average molecular weight is 291 g/mol. The molecule has 2 saturated carbocycles. The van der Waals surface area contributed by atoms with E-state index in [0.717, 1.165) is 43.4 Å². The van der Waals surface area contributed by atoms with Gasteiger partial charge < -0.3 is 0 Å². The van der Waals surface area contributed by atoms with Crippen LogP contribution in [0.4, 0.5) is 4.39 Å². The second-order valence-corrected chi connectivity index (χ2v) is 7.17. The molecule has 0 saturated heterocycles.